The molecule has 0 aromatic carbocycles. The number of fused-ring (bicyclic) bond motifs is 5. The highest BCUT2D eigenvalue weighted by Gasteiger charge is 2.71. The van der Waals surface area contributed by atoms with Crippen molar-refractivity contribution in [1.82, 2.24) is 5.32 Å². The maximum absolute atomic E-state index is 12.2. The molecule has 1 heterocycles. The fourth-order valence-electron chi connectivity index (χ4n) is 10.2. The van der Waals surface area contributed by atoms with E-state index in [4.69, 9.17) is 9.62 Å². The Hall–Kier alpha value is -0.990. The summed E-state index contributed by atoms with van der Waals surface area (Å²) < 4.78 is 5.98. The summed E-state index contributed by atoms with van der Waals surface area (Å²) in [4.78, 5) is 16.8. The summed E-state index contributed by atoms with van der Waals surface area (Å²) in [5.74, 6) is 0.596. The minimum absolute atomic E-state index is 0.0385. The Morgan fingerprint density at radius 2 is 1.74 bits per heavy atom. The van der Waals surface area contributed by atoms with E-state index in [9.17, 15) is 20.3 Å². The molecule has 0 aromatic heterocycles. The van der Waals surface area contributed by atoms with Crippen molar-refractivity contribution in [2.75, 3.05) is 6.61 Å². The van der Waals surface area contributed by atoms with Gasteiger partial charge in [0, 0.05) is 18.8 Å². The molecule has 7 nitrogen and oxygen atoms in total. The third kappa shape index (κ3) is 3.82. The number of rotatable bonds is 5. The topological polar surface area (TPSA) is 108 Å². The summed E-state index contributed by atoms with van der Waals surface area (Å²) >= 11 is 0. The molecule has 1 aliphatic heterocycles. The molecule has 2 bridgehead atoms. The lowest BCUT2D eigenvalue weighted by atomic mass is 9.36. The van der Waals surface area contributed by atoms with E-state index in [1.54, 1.807) is 6.92 Å². The Morgan fingerprint density at radius 3 is 2.24 bits per heavy atom. The van der Waals surface area contributed by atoms with Gasteiger partial charge in [0.2, 0.25) is 5.91 Å². The van der Waals surface area contributed by atoms with Crippen LogP contribution in [0, 0.1) is 51.8 Å². The summed E-state index contributed by atoms with van der Waals surface area (Å²) in [7, 11) is 0. The molecule has 218 valence electrons. The number of hydrogen-bond acceptors (Lipinski definition) is 6. The van der Waals surface area contributed by atoms with Crippen molar-refractivity contribution in [2.24, 2.45) is 51.8 Å². The predicted molar refractivity (Wildman–Crippen MR) is 147 cm³/mol. The second kappa shape index (κ2) is 9.54. The fourth-order valence-corrected chi connectivity index (χ4v) is 10.2. The number of hydrogen-bond donors (Lipinski definition) is 4. The van der Waals surface area contributed by atoms with Crippen molar-refractivity contribution in [2.45, 2.75) is 119 Å². The van der Waals surface area contributed by atoms with Crippen LogP contribution in [0.4, 0.5) is 0 Å². The fraction of sp³-hybridized carbons (Fsp3) is 0.903. The molecule has 3 fully saturated rings. The van der Waals surface area contributed by atoms with E-state index in [0.29, 0.717) is 24.9 Å². The van der Waals surface area contributed by atoms with E-state index in [2.05, 4.69) is 67.6 Å². The molecule has 4 N–H and O–H groups in total. The first kappa shape index (κ1) is 30.0. The zero-order valence-electron chi connectivity index (χ0n) is 25.5. The van der Waals surface area contributed by atoms with Crippen LogP contribution >= 0.6 is 0 Å². The van der Waals surface area contributed by atoms with Gasteiger partial charge < -0.3 is 20.3 Å². The van der Waals surface area contributed by atoms with Gasteiger partial charge in [-0.25, -0.2) is 4.89 Å². The molecule has 0 aromatic rings. The number of ether oxygens (including phenoxy) is 1. The summed E-state index contributed by atoms with van der Waals surface area (Å²) in [5.41, 5.74) is 1.14. The Morgan fingerprint density at radius 1 is 1.13 bits per heavy atom. The van der Waals surface area contributed by atoms with E-state index in [-0.39, 0.29) is 51.9 Å². The third-order valence-corrected chi connectivity index (χ3v) is 13.1. The van der Waals surface area contributed by atoms with Gasteiger partial charge in [-0.05, 0) is 66.6 Å². The molecule has 13 atom stereocenters. The van der Waals surface area contributed by atoms with Crippen LogP contribution in [0.15, 0.2) is 11.1 Å². The van der Waals surface area contributed by atoms with E-state index >= 15 is 0 Å². The van der Waals surface area contributed by atoms with E-state index in [1.807, 2.05) is 0 Å². The van der Waals surface area contributed by atoms with Crippen molar-refractivity contribution in [3.05, 3.63) is 11.1 Å². The number of aliphatic hydroxyl groups is 2. The van der Waals surface area contributed by atoms with Crippen molar-refractivity contribution >= 4 is 5.91 Å². The lowest BCUT2D eigenvalue weighted by Crippen LogP contribution is -2.75. The average molecular weight is 536 g/mol. The molecule has 7 heteroatoms. The highest BCUT2D eigenvalue weighted by molar-refractivity contribution is 5.73. The number of carbonyl (C=O) groups excluding carboxylic acids is 1. The Labute approximate surface area is 229 Å². The highest BCUT2D eigenvalue weighted by Crippen LogP contribution is 2.71. The van der Waals surface area contributed by atoms with Gasteiger partial charge in [0.25, 0.3) is 0 Å². The normalized spacial score (nSPS) is 48.4. The Balaban J connectivity index is 1.91. The molecule has 38 heavy (non-hydrogen) atoms. The first-order chi connectivity index (χ1) is 17.4. The average Bonchev–Trinajstić information content (AvgIpc) is 2.82. The molecule has 11 unspecified atom stereocenters. The molecule has 4 aliphatic rings. The molecule has 3 aliphatic carbocycles. The number of amides is 1. The molecule has 2 saturated carbocycles. The van der Waals surface area contributed by atoms with Crippen LogP contribution in [-0.2, 0) is 14.4 Å². The molecular weight excluding hydrogens is 482 g/mol. The quantitative estimate of drug-likeness (QED) is 0.229. The van der Waals surface area contributed by atoms with E-state index < -0.39 is 23.9 Å². The number of allylic oxidation sites excluding steroid dienone is 1. The lowest BCUT2D eigenvalue weighted by Gasteiger charge is -2.71. The molecule has 0 radical (unpaired) electrons. The molecule has 1 saturated heterocycles. The van der Waals surface area contributed by atoms with Crippen molar-refractivity contribution in [3.8, 4) is 0 Å². The number of nitrogens with one attached hydrogen (secondary N) is 1. The lowest BCUT2D eigenvalue weighted by molar-refractivity contribution is -0.340. The van der Waals surface area contributed by atoms with Crippen LogP contribution in [0.1, 0.15) is 89.0 Å². The Bertz CT molecular complexity index is 979. The summed E-state index contributed by atoms with van der Waals surface area (Å²) in [5, 5.41) is 36.4. The van der Waals surface area contributed by atoms with Gasteiger partial charge in [-0.2, -0.15) is 0 Å². The standard InChI is InChI=1S/C31H53NO6/c1-15-12-23-31(35,14-37-23)27-19(5)29(10)13-22(26(38-36)25(34)20(6)32-21(7)33)17(3)24(28(29,8)9)16(2)18(4)30(15,27)11/h15-16,18-20,22-23,25-27,34-36H,12-14H2,1-11H3,(H,32,33)/t15?,16?,18?,19?,20?,22?,23?,25?,26-,27?,29?,30+,31?/m1/s1. The molecule has 4 rings (SSSR count). The van der Waals surface area contributed by atoms with Crippen LogP contribution in [0.3, 0.4) is 0 Å². The Kier molecular flexibility index (Phi) is 7.53. The monoisotopic (exact) mass is 535 g/mol. The van der Waals surface area contributed by atoms with Gasteiger partial charge in [0.15, 0.2) is 0 Å². The van der Waals surface area contributed by atoms with Crippen LogP contribution in [0.2, 0.25) is 0 Å². The van der Waals surface area contributed by atoms with Gasteiger partial charge in [-0.1, -0.05) is 66.5 Å². The maximum atomic E-state index is 12.2. The van der Waals surface area contributed by atoms with Gasteiger partial charge in [0.1, 0.15) is 17.8 Å². The molecule has 0 spiro atoms. The van der Waals surface area contributed by atoms with Gasteiger partial charge in [-0.15, -0.1) is 0 Å². The largest absolute Gasteiger partial charge is 0.388 e. The van der Waals surface area contributed by atoms with Gasteiger partial charge >= 0.3 is 0 Å². The highest BCUT2D eigenvalue weighted by atomic mass is 17.1. The van der Waals surface area contributed by atoms with Crippen LogP contribution in [0.5, 0.6) is 0 Å². The summed E-state index contributed by atoms with van der Waals surface area (Å²) in [6.07, 6.45) is -0.542. The first-order valence-corrected chi connectivity index (χ1v) is 14.7. The third-order valence-electron chi connectivity index (χ3n) is 13.1. The van der Waals surface area contributed by atoms with Crippen LogP contribution in [-0.4, -0.2) is 57.9 Å². The van der Waals surface area contributed by atoms with Crippen molar-refractivity contribution in [1.29, 1.82) is 0 Å². The van der Waals surface area contributed by atoms with E-state index in [0.717, 1.165) is 6.42 Å². The maximum Gasteiger partial charge on any atom is 0.217 e. The smallest absolute Gasteiger partial charge is 0.217 e. The predicted octanol–water partition coefficient (Wildman–Crippen LogP) is 4.81. The van der Waals surface area contributed by atoms with Crippen molar-refractivity contribution < 1.29 is 29.9 Å². The first-order valence-electron chi connectivity index (χ1n) is 14.7. The zero-order valence-corrected chi connectivity index (χ0v) is 25.5. The number of aliphatic hydroxyl groups excluding tert-OH is 1. The minimum Gasteiger partial charge on any atom is -0.388 e. The molecule has 1 amide bonds. The number of carbonyl (C=O) groups is 1. The SMILES string of the molecule is CC(=O)NC(C)C(O)[C@H](OO)C1CC2(C)C(C)C3C4(O)COC4CC(C)[C@@]3(C)C(C)C(C)C(=C1C)C2(C)C. The van der Waals surface area contributed by atoms with Crippen LogP contribution < -0.4 is 5.32 Å². The molecular formula is C31H53NO6. The van der Waals surface area contributed by atoms with Gasteiger partial charge in [-0.3, -0.25) is 10.1 Å². The van der Waals surface area contributed by atoms with Gasteiger partial charge in [0.05, 0.1) is 18.8 Å². The zero-order chi connectivity index (χ0) is 28.7. The summed E-state index contributed by atoms with van der Waals surface area (Å²) in [6.45, 7) is 24.5. The van der Waals surface area contributed by atoms with E-state index in [1.165, 1.54) is 18.1 Å². The minimum atomic E-state index is -1.09. The second-order valence-electron chi connectivity index (χ2n) is 14.6. The summed E-state index contributed by atoms with van der Waals surface area (Å²) in [6, 6.07) is -0.583. The van der Waals surface area contributed by atoms with Crippen LogP contribution in [0.25, 0.3) is 0 Å². The van der Waals surface area contributed by atoms with Crippen molar-refractivity contribution in [3.63, 3.8) is 0 Å². The second-order valence-corrected chi connectivity index (χ2v) is 14.6.